The minimum absolute atomic E-state index is 0.0574. The predicted octanol–water partition coefficient (Wildman–Crippen LogP) is 1.02. The molecule has 9 heteroatoms. The summed E-state index contributed by atoms with van der Waals surface area (Å²) in [6.45, 7) is 5.22. The molecule has 0 radical (unpaired) electrons. The lowest BCUT2D eigenvalue weighted by molar-refractivity contribution is -0.154. The molecule has 1 aliphatic heterocycles. The number of rotatable bonds is 8. The molecule has 2 unspecified atom stereocenters. The first-order valence-corrected chi connectivity index (χ1v) is 11.4. The van der Waals surface area contributed by atoms with Gasteiger partial charge in [0.25, 0.3) is 11.8 Å². The highest BCUT2D eigenvalue weighted by atomic mass is 32.2. The van der Waals surface area contributed by atoms with Crippen LogP contribution in [0.1, 0.15) is 37.6 Å². The minimum atomic E-state index is -3.14. The molecule has 0 bridgehead atoms. The monoisotopic (exact) mass is 424 g/mol. The van der Waals surface area contributed by atoms with Crippen molar-refractivity contribution in [3.63, 3.8) is 0 Å². The first-order valence-electron chi connectivity index (χ1n) is 9.61. The molecule has 2 atom stereocenters. The Morgan fingerprint density at radius 2 is 1.83 bits per heavy atom. The fourth-order valence-corrected chi connectivity index (χ4v) is 4.87. The third-order valence-electron chi connectivity index (χ3n) is 4.61. The molecule has 160 valence electrons. The number of carbonyl (C=O) groups excluding carboxylic acids is 3. The summed E-state index contributed by atoms with van der Waals surface area (Å²) in [5, 5.41) is 2.53. The normalized spacial score (nSPS) is 18.8. The fourth-order valence-electron chi connectivity index (χ4n) is 3.14. The summed E-state index contributed by atoms with van der Waals surface area (Å²) < 4.78 is 28.6. The van der Waals surface area contributed by atoms with E-state index in [0.29, 0.717) is 18.5 Å². The van der Waals surface area contributed by atoms with E-state index in [-0.39, 0.29) is 17.4 Å². The minimum Gasteiger partial charge on any atom is -0.454 e. The highest BCUT2D eigenvalue weighted by Crippen LogP contribution is 2.19. The number of esters is 1. The van der Waals surface area contributed by atoms with Gasteiger partial charge in [-0.25, -0.2) is 13.2 Å². The Kier molecular flexibility index (Phi) is 7.78. The van der Waals surface area contributed by atoms with Gasteiger partial charge in [-0.05, 0) is 31.4 Å². The van der Waals surface area contributed by atoms with E-state index in [1.165, 1.54) is 11.8 Å². The van der Waals surface area contributed by atoms with E-state index in [4.69, 9.17) is 4.74 Å². The predicted molar refractivity (Wildman–Crippen MR) is 108 cm³/mol. The Hall–Kier alpha value is -2.42. The van der Waals surface area contributed by atoms with Crippen LogP contribution in [0, 0.1) is 5.92 Å². The molecule has 1 fully saturated rings. The maximum absolute atomic E-state index is 12.6. The van der Waals surface area contributed by atoms with Crippen LogP contribution < -0.4 is 5.32 Å². The molecule has 1 N–H and O–H groups in total. The molecule has 0 aromatic heterocycles. The van der Waals surface area contributed by atoms with Crippen molar-refractivity contribution in [2.24, 2.45) is 5.92 Å². The van der Waals surface area contributed by atoms with Crippen molar-refractivity contribution in [2.45, 2.75) is 39.3 Å². The van der Waals surface area contributed by atoms with Gasteiger partial charge in [0.1, 0.15) is 6.04 Å². The standard InChI is InChI=1S/C20H28N2O6S/c1-14(2)11-22(17-9-10-29(26,27)13-17)18(23)12-28-20(25)15(3)21-19(24)16-7-5-4-6-8-16/h4-8,14-15,17H,9-13H2,1-3H3,(H,21,24). The van der Waals surface area contributed by atoms with Crippen molar-refractivity contribution in [1.29, 1.82) is 0 Å². The second kappa shape index (κ2) is 9.87. The van der Waals surface area contributed by atoms with Crippen molar-refractivity contribution in [3.05, 3.63) is 35.9 Å². The SMILES string of the molecule is CC(C)CN(C(=O)COC(=O)C(C)NC(=O)c1ccccc1)C1CCS(=O)(=O)C1. The highest BCUT2D eigenvalue weighted by Gasteiger charge is 2.35. The summed E-state index contributed by atoms with van der Waals surface area (Å²) in [6.07, 6.45) is 0.387. The number of carbonyl (C=O) groups is 3. The summed E-state index contributed by atoms with van der Waals surface area (Å²) in [5.74, 6) is -1.45. The van der Waals surface area contributed by atoms with Crippen molar-refractivity contribution in [2.75, 3.05) is 24.7 Å². The van der Waals surface area contributed by atoms with E-state index in [2.05, 4.69) is 5.32 Å². The van der Waals surface area contributed by atoms with E-state index >= 15 is 0 Å². The van der Waals surface area contributed by atoms with Gasteiger partial charge in [-0.3, -0.25) is 9.59 Å². The molecular formula is C20H28N2O6S. The van der Waals surface area contributed by atoms with Crippen LogP contribution in [-0.2, 0) is 24.2 Å². The lowest BCUT2D eigenvalue weighted by Crippen LogP contribution is -2.46. The molecule has 1 aliphatic rings. The zero-order valence-corrected chi connectivity index (χ0v) is 17.8. The number of ether oxygens (including phenoxy) is 1. The summed E-state index contributed by atoms with van der Waals surface area (Å²) >= 11 is 0. The van der Waals surface area contributed by atoms with Crippen LogP contribution in [0.4, 0.5) is 0 Å². The highest BCUT2D eigenvalue weighted by molar-refractivity contribution is 7.91. The summed E-state index contributed by atoms with van der Waals surface area (Å²) in [7, 11) is -3.14. The number of amides is 2. The summed E-state index contributed by atoms with van der Waals surface area (Å²) in [5.41, 5.74) is 0.411. The van der Waals surface area contributed by atoms with Crippen LogP contribution >= 0.6 is 0 Å². The Morgan fingerprint density at radius 1 is 1.17 bits per heavy atom. The van der Waals surface area contributed by atoms with Crippen molar-refractivity contribution < 1.29 is 27.5 Å². The second-order valence-electron chi connectivity index (χ2n) is 7.67. The zero-order chi connectivity index (χ0) is 21.6. The van der Waals surface area contributed by atoms with Crippen LogP contribution in [0.25, 0.3) is 0 Å². The molecular weight excluding hydrogens is 396 g/mol. The summed E-state index contributed by atoms with van der Waals surface area (Å²) in [4.78, 5) is 38.4. The van der Waals surface area contributed by atoms with Crippen molar-refractivity contribution in [1.82, 2.24) is 10.2 Å². The first-order chi connectivity index (χ1) is 13.6. The molecule has 29 heavy (non-hydrogen) atoms. The van der Waals surface area contributed by atoms with Gasteiger partial charge in [0.2, 0.25) is 0 Å². The van der Waals surface area contributed by atoms with Gasteiger partial charge in [-0.2, -0.15) is 0 Å². The second-order valence-corrected chi connectivity index (χ2v) is 9.89. The zero-order valence-electron chi connectivity index (χ0n) is 17.0. The lowest BCUT2D eigenvalue weighted by atomic mass is 10.1. The van der Waals surface area contributed by atoms with E-state index in [1.807, 2.05) is 13.8 Å². The molecule has 0 aliphatic carbocycles. The van der Waals surface area contributed by atoms with Crippen LogP contribution in [0.2, 0.25) is 0 Å². The van der Waals surface area contributed by atoms with Gasteiger partial charge in [-0.1, -0.05) is 32.0 Å². The summed E-state index contributed by atoms with van der Waals surface area (Å²) in [6, 6.07) is 7.11. The number of nitrogens with one attached hydrogen (secondary N) is 1. The van der Waals surface area contributed by atoms with Gasteiger partial charge in [0, 0.05) is 18.2 Å². The molecule has 1 aromatic carbocycles. The average molecular weight is 425 g/mol. The van der Waals surface area contributed by atoms with Gasteiger partial charge < -0.3 is 15.0 Å². The number of benzene rings is 1. The van der Waals surface area contributed by atoms with Crippen LogP contribution in [0.15, 0.2) is 30.3 Å². The van der Waals surface area contributed by atoms with Crippen LogP contribution in [0.3, 0.4) is 0 Å². The Balaban J connectivity index is 1.90. The molecule has 1 aromatic rings. The van der Waals surface area contributed by atoms with Crippen molar-refractivity contribution in [3.8, 4) is 0 Å². The lowest BCUT2D eigenvalue weighted by Gasteiger charge is -2.30. The van der Waals surface area contributed by atoms with Gasteiger partial charge in [0.15, 0.2) is 16.4 Å². The average Bonchev–Trinajstić information content (AvgIpc) is 3.03. The van der Waals surface area contributed by atoms with Crippen LogP contribution in [-0.4, -0.2) is 67.8 Å². The van der Waals surface area contributed by atoms with E-state index in [1.54, 1.807) is 30.3 Å². The Morgan fingerprint density at radius 3 is 2.38 bits per heavy atom. The maximum Gasteiger partial charge on any atom is 0.328 e. The molecule has 2 rings (SSSR count). The van der Waals surface area contributed by atoms with Crippen LogP contribution in [0.5, 0.6) is 0 Å². The molecule has 8 nitrogen and oxygen atoms in total. The Labute approximate surface area is 171 Å². The number of hydrogen-bond acceptors (Lipinski definition) is 6. The smallest absolute Gasteiger partial charge is 0.328 e. The van der Waals surface area contributed by atoms with E-state index in [0.717, 1.165) is 0 Å². The van der Waals surface area contributed by atoms with E-state index < -0.39 is 46.3 Å². The fraction of sp³-hybridized carbons (Fsp3) is 0.550. The third kappa shape index (κ3) is 6.85. The molecule has 0 saturated carbocycles. The van der Waals surface area contributed by atoms with Gasteiger partial charge in [-0.15, -0.1) is 0 Å². The number of sulfone groups is 1. The van der Waals surface area contributed by atoms with E-state index in [9.17, 15) is 22.8 Å². The van der Waals surface area contributed by atoms with Gasteiger partial charge >= 0.3 is 5.97 Å². The maximum atomic E-state index is 12.6. The third-order valence-corrected chi connectivity index (χ3v) is 6.36. The molecule has 2 amide bonds. The number of hydrogen-bond donors (Lipinski definition) is 1. The largest absolute Gasteiger partial charge is 0.454 e. The molecule has 0 spiro atoms. The quantitative estimate of drug-likeness (QED) is 0.624. The Bertz CT molecular complexity index is 838. The van der Waals surface area contributed by atoms with Crippen molar-refractivity contribution >= 4 is 27.6 Å². The molecule has 1 saturated heterocycles. The van der Waals surface area contributed by atoms with Gasteiger partial charge in [0.05, 0.1) is 11.5 Å². The topological polar surface area (TPSA) is 110 Å². The first kappa shape index (κ1) is 22.9. The number of nitrogens with zero attached hydrogens (tertiary/aromatic N) is 1. The molecule has 1 heterocycles.